The van der Waals surface area contributed by atoms with Gasteiger partial charge in [-0.25, -0.2) is 9.79 Å². The maximum atomic E-state index is 13.9. The van der Waals surface area contributed by atoms with E-state index in [0.29, 0.717) is 43.9 Å². The first-order chi connectivity index (χ1) is 19.7. The van der Waals surface area contributed by atoms with Gasteiger partial charge in [0.25, 0.3) is 5.56 Å². The van der Waals surface area contributed by atoms with Crippen LogP contribution < -0.4 is 19.6 Å². The molecule has 0 fully saturated rings. The molecule has 0 saturated carbocycles. The summed E-state index contributed by atoms with van der Waals surface area (Å²) >= 11 is 7.28. The van der Waals surface area contributed by atoms with Gasteiger partial charge >= 0.3 is 5.97 Å². The number of ether oxygens (including phenoxy) is 2. The minimum absolute atomic E-state index is 0.214. The van der Waals surface area contributed by atoms with Crippen molar-refractivity contribution in [2.75, 3.05) is 6.61 Å². The highest BCUT2D eigenvalue weighted by molar-refractivity contribution is 7.07. The summed E-state index contributed by atoms with van der Waals surface area (Å²) in [7, 11) is 0. The molecule has 5 rings (SSSR count). The van der Waals surface area contributed by atoms with Crippen LogP contribution in [0, 0.1) is 0 Å². The van der Waals surface area contributed by atoms with Crippen LogP contribution in [0.5, 0.6) is 5.75 Å². The van der Waals surface area contributed by atoms with Crippen LogP contribution in [0.25, 0.3) is 6.08 Å². The molecule has 8 heteroatoms. The summed E-state index contributed by atoms with van der Waals surface area (Å²) in [6, 6.07) is 22.5. The van der Waals surface area contributed by atoms with E-state index in [1.54, 1.807) is 18.4 Å². The molecule has 0 aliphatic carbocycles. The van der Waals surface area contributed by atoms with Crippen molar-refractivity contribution in [3.05, 3.63) is 131 Å². The van der Waals surface area contributed by atoms with Gasteiger partial charge in [-0.15, -0.1) is 0 Å². The molecular weight excluding hydrogens is 556 g/mol. The number of esters is 1. The molecule has 1 aliphatic heterocycles. The summed E-state index contributed by atoms with van der Waals surface area (Å²) in [5, 5.41) is 0.677. The minimum Gasteiger partial charge on any atom is -0.489 e. The Morgan fingerprint density at radius 1 is 1.10 bits per heavy atom. The predicted octanol–water partition coefficient (Wildman–Crippen LogP) is 6.15. The highest BCUT2D eigenvalue weighted by Gasteiger charge is 2.33. The first-order valence-corrected chi connectivity index (χ1v) is 14.7. The first kappa shape index (κ1) is 28.6. The lowest BCUT2D eigenvalue weighted by Gasteiger charge is -2.25. The lowest BCUT2D eigenvalue weighted by molar-refractivity contribution is -0.139. The van der Waals surface area contributed by atoms with Gasteiger partial charge in [0.2, 0.25) is 0 Å². The van der Waals surface area contributed by atoms with Crippen LogP contribution in [0.4, 0.5) is 0 Å². The molecule has 210 valence electrons. The quantitative estimate of drug-likeness (QED) is 0.232. The van der Waals surface area contributed by atoms with Crippen molar-refractivity contribution in [2.45, 2.75) is 46.3 Å². The maximum Gasteiger partial charge on any atom is 0.338 e. The summed E-state index contributed by atoms with van der Waals surface area (Å²) < 4.78 is 13.5. The zero-order valence-electron chi connectivity index (χ0n) is 23.4. The molecule has 6 nitrogen and oxygen atoms in total. The highest BCUT2D eigenvalue weighted by atomic mass is 35.5. The Bertz CT molecular complexity index is 1780. The Morgan fingerprint density at radius 2 is 1.83 bits per heavy atom. The van der Waals surface area contributed by atoms with E-state index in [9.17, 15) is 9.59 Å². The normalized spacial score (nSPS) is 15.1. The van der Waals surface area contributed by atoms with E-state index in [1.807, 2.05) is 78.9 Å². The Hall–Kier alpha value is -3.94. The number of hydrogen-bond donors (Lipinski definition) is 0. The average molecular weight is 587 g/mol. The molecule has 2 heterocycles. The molecule has 1 atom stereocenters. The van der Waals surface area contributed by atoms with Crippen LogP contribution in [0.2, 0.25) is 5.02 Å². The van der Waals surface area contributed by atoms with Crippen molar-refractivity contribution >= 4 is 35.0 Å². The van der Waals surface area contributed by atoms with Crippen molar-refractivity contribution in [3.63, 3.8) is 0 Å². The number of hydrogen-bond acceptors (Lipinski definition) is 6. The van der Waals surface area contributed by atoms with Gasteiger partial charge in [0.05, 0.1) is 28.5 Å². The lowest BCUT2D eigenvalue weighted by Crippen LogP contribution is -2.39. The van der Waals surface area contributed by atoms with Gasteiger partial charge in [0.15, 0.2) is 4.80 Å². The van der Waals surface area contributed by atoms with E-state index >= 15 is 0 Å². The molecule has 0 N–H and O–H groups in total. The van der Waals surface area contributed by atoms with Gasteiger partial charge in [-0.05, 0) is 72.4 Å². The molecule has 0 saturated heterocycles. The third kappa shape index (κ3) is 6.21. The molecule has 1 aliphatic rings. The number of allylic oxidation sites excluding steroid dienone is 1. The van der Waals surface area contributed by atoms with Gasteiger partial charge in [-0.2, -0.15) is 0 Å². The fourth-order valence-corrected chi connectivity index (χ4v) is 5.94. The van der Waals surface area contributed by atoms with Gasteiger partial charge in [-0.3, -0.25) is 9.36 Å². The van der Waals surface area contributed by atoms with Crippen LogP contribution >= 0.6 is 22.9 Å². The third-order valence-electron chi connectivity index (χ3n) is 6.91. The Balaban J connectivity index is 1.54. The van der Waals surface area contributed by atoms with E-state index < -0.39 is 12.0 Å². The largest absolute Gasteiger partial charge is 0.489 e. The number of rotatable bonds is 8. The Labute approximate surface area is 247 Å². The third-order valence-corrected chi connectivity index (χ3v) is 8.15. The fourth-order valence-electron chi connectivity index (χ4n) is 4.76. The zero-order valence-corrected chi connectivity index (χ0v) is 25.0. The summed E-state index contributed by atoms with van der Waals surface area (Å²) in [4.78, 5) is 32.2. The standard InChI is InChI=1S/C33H31ClN2O4S/c1-5-39-32(38)29-21(4)35-33-36(30(29)25-13-11-24(12-14-25)20(2)3)31(37)28(41-33)18-23-7-6-8-27(17-23)40-19-22-9-15-26(34)16-10-22/h6-18,20,30H,5,19H2,1-4H3/b28-18-/t30-/m0/s1. The summed E-state index contributed by atoms with van der Waals surface area (Å²) in [6.07, 6.45) is 1.83. The van der Waals surface area contributed by atoms with Crippen LogP contribution in [0.15, 0.2) is 93.9 Å². The second kappa shape index (κ2) is 12.3. The SMILES string of the molecule is CCOC(=O)C1=C(C)N=c2s/c(=C\c3cccc(OCc4ccc(Cl)cc4)c3)c(=O)n2[C@H]1c1ccc(C(C)C)cc1. The molecule has 0 spiro atoms. The molecule has 0 amide bonds. The summed E-state index contributed by atoms with van der Waals surface area (Å²) in [5.74, 6) is 0.579. The number of benzene rings is 3. The minimum atomic E-state index is -0.636. The molecule has 0 unspecified atom stereocenters. The number of carbonyl (C=O) groups excluding carboxylic acids is 1. The van der Waals surface area contributed by atoms with E-state index in [-0.39, 0.29) is 12.2 Å². The maximum absolute atomic E-state index is 13.9. The van der Waals surface area contributed by atoms with E-state index in [1.165, 1.54) is 16.9 Å². The van der Waals surface area contributed by atoms with Crippen LogP contribution in [0.3, 0.4) is 0 Å². The molecule has 4 aromatic rings. The van der Waals surface area contributed by atoms with Crippen molar-refractivity contribution < 1.29 is 14.3 Å². The average Bonchev–Trinajstić information content (AvgIpc) is 3.26. The number of aromatic nitrogens is 1. The van der Waals surface area contributed by atoms with E-state index in [0.717, 1.165) is 16.7 Å². The smallest absolute Gasteiger partial charge is 0.338 e. The number of halogens is 1. The summed E-state index contributed by atoms with van der Waals surface area (Å²) in [5.41, 5.74) is 4.54. The van der Waals surface area contributed by atoms with Gasteiger partial charge in [-0.1, -0.05) is 85.3 Å². The number of fused-ring (bicyclic) bond motifs is 1. The molecular formula is C33H31ClN2O4S. The van der Waals surface area contributed by atoms with Crippen molar-refractivity contribution in [1.29, 1.82) is 0 Å². The van der Waals surface area contributed by atoms with Gasteiger partial charge in [0, 0.05) is 5.02 Å². The number of carbonyl (C=O) groups is 1. The van der Waals surface area contributed by atoms with E-state index in [2.05, 4.69) is 18.8 Å². The lowest BCUT2D eigenvalue weighted by atomic mass is 9.93. The number of thiazole rings is 1. The predicted molar refractivity (Wildman–Crippen MR) is 163 cm³/mol. The fraction of sp³-hybridized carbons (Fsp3) is 0.242. The van der Waals surface area contributed by atoms with Crippen LogP contribution in [-0.4, -0.2) is 17.1 Å². The van der Waals surface area contributed by atoms with Gasteiger partial charge in [0.1, 0.15) is 12.4 Å². The Kier molecular flexibility index (Phi) is 8.57. The second-order valence-corrected chi connectivity index (χ2v) is 11.6. The van der Waals surface area contributed by atoms with E-state index in [4.69, 9.17) is 21.1 Å². The molecule has 0 radical (unpaired) electrons. The van der Waals surface area contributed by atoms with Crippen molar-refractivity contribution in [3.8, 4) is 5.75 Å². The second-order valence-electron chi connectivity index (χ2n) is 10.1. The molecule has 0 bridgehead atoms. The zero-order chi connectivity index (χ0) is 29.1. The molecule has 1 aromatic heterocycles. The number of nitrogens with zero attached hydrogens (tertiary/aromatic N) is 2. The van der Waals surface area contributed by atoms with Crippen molar-refractivity contribution in [1.82, 2.24) is 4.57 Å². The molecule has 3 aromatic carbocycles. The highest BCUT2D eigenvalue weighted by Crippen LogP contribution is 2.31. The first-order valence-electron chi connectivity index (χ1n) is 13.5. The summed E-state index contributed by atoms with van der Waals surface area (Å²) in [6.45, 7) is 8.45. The van der Waals surface area contributed by atoms with Crippen LogP contribution in [0.1, 0.15) is 61.9 Å². The Morgan fingerprint density at radius 3 is 2.51 bits per heavy atom. The monoisotopic (exact) mass is 586 g/mol. The van der Waals surface area contributed by atoms with Gasteiger partial charge < -0.3 is 9.47 Å². The van der Waals surface area contributed by atoms with Crippen LogP contribution in [-0.2, 0) is 16.1 Å². The van der Waals surface area contributed by atoms with Crippen molar-refractivity contribution in [2.24, 2.45) is 4.99 Å². The topological polar surface area (TPSA) is 69.9 Å². The molecule has 41 heavy (non-hydrogen) atoms.